The molecule has 1 aliphatic carbocycles. The summed E-state index contributed by atoms with van der Waals surface area (Å²) in [4.78, 5) is 0. The van der Waals surface area contributed by atoms with E-state index in [2.05, 4.69) is 61.0 Å². The highest BCUT2D eigenvalue weighted by molar-refractivity contribution is 5.38. The maximum absolute atomic E-state index is 4.01. The van der Waals surface area contributed by atoms with Gasteiger partial charge in [-0.3, -0.25) is 0 Å². The van der Waals surface area contributed by atoms with Crippen molar-refractivity contribution in [3.8, 4) is 0 Å². The minimum atomic E-state index is 0.315. The SMILES string of the molecule is C=C(C)/C=C\C(=C)C/C=C/C1=CC=CC(NC)C=C1. The predicted octanol–water partition coefficient (Wildman–Crippen LogP) is 4.26. The summed E-state index contributed by atoms with van der Waals surface area (Å²) < 4.78 is 0. The fourth-order valence-corrected chi connectivity index (χ4v) is 1.60. The van der Waals surface area contributed by atoms with E-state index in [1.165, 1.54) is 5.57 Å². The van der Waals surface area contributed by atoms with Gasteiger partial charge >= 0.3 is 0 Å². The summed E-state index contributed by atoms with van der Waals surface area (Å²) in [5, 5.41) is 3.20. The third-order valence-electron chi connectivity index (χ3n) is 2.73. The highest BCUT2D eigenvalue weighted by Crippen LogP contribution is 2.09. The lowest BCUT2D eigenvalue weighted by atomic mass is 10.1. The molecule has 100 valence electrons. The molecular weight excluding hydrogens is 230 g/mol. The van der Waals surface area contributed by atoms with Crippen molar-refractivity contribution in [1.82, 2.24) is 5.32 Å². The smallest absolute Gasteiger partial charge is 0.0439 e. The van der Waals surface area contributed by atoms with Crippen LogP contribution in [0, 0.1) is 0 Å². The van der Waals surface area contributed by atoms with Crippen LogP contribution in [0.25, 0.3) is 0 Å². The topological polar surface area (TPSA) is 12.0 Å². The summed E-state index contributed by atoms with van der Waals surface area (Å²) in [6, 6.07) is 0.315. The lowest BCUT2D eigenvalue weighted by molar-refractivity contribution is 0.791. The van der Waals surface area contributed by atoms with Gasteiger partial charge in [0.2, 0.25) is 0 Å². The van der Waals surface area contributed by atoms with Crippen molar-refractivity contribution in [2.45, 2.75) is 19.4 Å². The molecule has 0 aromatic rings. The summed E-state index contributed by atoms with van der Waals surface area (Å²) in [5.41, 5.74) is 3.33. The van der Waals surface area contributed by atoms with Crippen LogP contribution in [0.4, 0.5) is 0 Å². The van der Waals surface area contributed by atoms with Gasteiger partial charge in [0.1, 0.15) is 0 Å². The molecule has 0 aromatic heterocycles. The number of rotatable bonds is 6. The molecule has 1 atom stereocenters. The van der Waals surface area contributed by atoms with Gasteiger partial charge in [-0.2, -0.15) is 0 Å². The van der Waals surface area contributed by atoms with Crippen LogP contribution in [-0.4, -0.2) is 13.1 Å². The Bertz CT molecular complexity index is 470. The molecule has 0 aliphatic heterocycles. The fourth-order valence-electron chi connectivity index (χ4n) is 1.60. The molecule has 0 radical (unpaired) electrons. The monoisotopic (exact) mass is 253 g/mol. The van der Waals surface area contributed by atoms with E-state index in [1.54, 1.807) is 0 Å². The summed E-state index contributed by atoms with van der Waals surface area (Å²) in [7, 11) is 1.96. The second-order valence-electron chi connectivity index (χ2n) is 4.67. The molecule has 1 aliphatic rings. The van der Waals surface area contributed by atoms with Gasteiger partial charge in [-0.15, -0.1) is 0 Å². The Hall–Kier alpha value is -1.86. The van der Waals surface area contributed by atoms with Crippen LogP contribution in [0.3, 0.4) is 0 Å². The molecule has 0 amide bonds. The Balaban J connectivity index is 2.50. The Labute approximate surface area is 117 Å². The Morgan fingerprint density at radius 1 is 1.32 bits per heavy atom. The van der Waals surface area contributed by atoms with Gasteiger partial charge in [0.15, 0.2) is 0 Å². The Morgan fingerprint density at radius 2 is 2.11 bits per heavy atom. The maximum atomic E-state index is 4.01. The first-order chi connectivity index (χ1) is 9.11. The fraction of sp³-hybridized carbons (Fsp3) is 0.222. The van der Waals surface area contributed by atoms with Crippen molar-refractivity contribution in [2.24, 2.45) is 0 Å². The first kappa shape index (κ1) is 15.2. The molecule has 19 heavy (non-hydrogen) atoms. The molecule has 0 spiro atoms. The van der Waals surface area contributed by atoms with E-state index < -0.39 is 0 Å². The summed E-state index contributed by atoms with van der Waals surface area (Å²) >= 11 is 0. The van der Waals surface area contributed by atoms with Crippen LogP contribution in [-0.2, 0) is 0 Å². The lowest BCUT2D eigenvalue weighted by Gasteiger charge is -2.02. The highest BCUT2D eigenvalue weighted by atomic mass is 14.8. The molecule has 0 aromatic carbocycles. The zero-order valence-corrected chi connectivity index (χ0v) is 11.9. The second kappa shape index (κ2) is 8.28. The molecule has 0 saturated carbocycles. The van der Waals surface area contributed by atoms with E-state index in [0.717, 1.165) is 17.6 Å². The molecular formula is C18H23N. The average Bonchev–Trinajstić information content (AvgIpc) is 2.61. The van der Waals surface area contributed by atoms with Crippen LogP contribution >= 0.6 is 0 Å². The molecule has 1 rings (SSSR count). The van der Waals surface area contributed by atoms with Gasteiger partial charge in [0.05, 0.1) is 0 Å². The van der Waals surface area contributed by atoms with Crippen LogP contribution < -0.4 is 5.32 Å². The molecule has 1 heteroatoms. The Kier molecular flexibility index (Phi) is 6.62. The van der Waals surface area contributed by atoms with Gasteiger partial charge in [0.25, 0.3) is 0 Å². The Morgan fingerprint density at radius 3 is 2.79 bits per heavy atom. The molecule has 1 unspecified atom stereocenters. The van der Waals surface area contributed by atoms with Crippen molar-refractivity contribution in [3.63, 3.8) is 0 Å². The van der Waals surface area contributed by atoms with Crippen LogP contribution in [0.1, 0.15) is 13.3 Å². The number of hydrogen-bond donors (Lipinski definition) is 1. The van der Waals surface area contributed by atoms with Crippen LogP contribution in [0.15, 0.2) is 84.6 Å². The van der Waals surface area contributed by atoms with E-state index in [-0.39, 0.29) is 0 Å². The van der Waals surface area contributed by atoms with Crippen molar-refractivity contribution >= 4 is 0 Å². The van der Waals surface area contributed by atoms with Crippen molar-refractivity contribution in [3.05, 3.63) is 84.6 Å². The molecule has 1 N–H and O–H groups in total. The standard InChI is InChI=1S/C18H23N/c1-15(2)11-12-16(3)7-5-8-17-9-6-10-18(19-4)14-13-17/h5-6,8-14,18-19H,1,3,7H2,2,4H3/b8-5+,12-11-. The first-order valence-corrected chi connectivity index (χ1v) is 6.53. The summed E-state index contributed by atoms with van der Waals surface area (Å²) in [6.45, 7) is 9.82. The van der Waals surface area contributed by atoms with E-state index >= 15 is 0 Å². The summed E-state index contributed by atoms with van der Waals surface area (Å²) in [5.74, 6) is 0. The van der Waals surface area contributed by atoms with Gasteiger partial charge in [-0.05, 0) is 26.0 Å². The lowest BCUT2D eigenvalue weighted by Crippen LogP contribution is -2.19. The predicted molar refractivity (Wildman–Crippen MR) is 86.1 cm³/mol. The molecule has 0 heterocycles. The highest BCUT2D eigenvalue weighted by Gasteiger charge is 1.97. The van der Waals surface area contributed by atoms with Crippen molar-refractivity contribution in [1.29, 1.82) is 0 Å². The van der Waals surface area contributed by atoms with Gasteiger partial charge < -0.3 is 5.32 Å². The maximum Gasteiger partial charge on any atom is 0.0439 e. The minimum Gasteiger partial charge on any atom is -0.310 e. The van der Waals surface area contributed by atoms with E-state index in [9.17, 15) is 0 Å². The number of likely N-dealkylation sites (N-methyl/N-ethyl adjacent to an activating group) is 1. The van der Waals surface area contributed by atoms with E-state index in [0.29, 0.717) is 6.04 Å². The molecule has 1 nitrogen and oxygen atoms in total. The quantitative estimate of drug-likeness (QED) is 0.697. The zero-order chi connectivity index (χ0) is 14.1. The average molecular weight is 253 g/mol. The van der Waals surface area contributed by atoms with Gasteiger partial charge in [0, 0.05) is 6.04 Å². The van der Waals surface area contributed by atoms with Crippen molar-refractivity contribution in [2.75, 3.05) is 7.05 Å². The van der Waals surface area contributed by atoms with E-state index in [1.807, 2.05) is 26.1 Å². The van der Waals surface area contributed by atoms with Crippen molar-refractivity contribution < 1.29 is 0 Å². The molecule has 0 fully saturated rings. The largest absolute Gasteiger partial charge is 0.310 e. The normalized spacial score (nSPS) is 18.8. The second-order valence-corrected chi connectivity index (χ2v) is 4.67. The van der Waals surface area contributed by atoms with Crippen LogP contribution in [0.5, 0.6) is 0 Å². The first-order valence-electron chi connectivity index (χ1n) is 6.53. The number of nitrogens with one attached hydrogen (secondary N) is 1. The number of allylic oxidation sites excluding steroid dienone is 10. The minimum absolute atomic E-state index is 0.315. The van der Waals surface area contributed by atoms with Gasteiger partial charge in [-0.25, -0.2) is 0 Å². The van der Waals surface area contributed by atoms with Gasteiger partial charge in [-0.1, -0.05) is 79.0 Å². The van der Waals surface area contributed by atoms with Crippen LogP contribution in [0.2, 0.25) is 0 Å². The molecule has 0 bridgehead atoms. The summed E-state index contributed by atoms with van der Waals surface area (Å²) in [6.07, 6.45) is 19.7. The number of hydrogen-bond acceptors (Lipinski definition) is 1. The third kappa shape index (κ3) is 6.58. The zero-order valence-electron chi connectivity index (χ0n) is 11.9. The third-order valence-corrected chi connectivity index (χ3v) is 2.73. The van der Waals surface area contributed by atoms with E-state index in [4.69, 9.17) is 0 Å². The molecule has 0 saturated heterocycles.